The first-order valence-corrected chi connectivity index (χ1v) is 7.96. The molecule has 0 fully saturated rings. The number of pyridine rings is 1. The molecule has 0 saturated carbocycles. The largest absolute Gasteiger partial charge is 0.861 e. The number of alkyl halides is 3. The van der Waals surface area contributed by atoms with Gasteiger partial charge in [0.25, 0.3) is 6.20 Å². The van der Waals surface area contributed by atoms with Gasteiger partial charge in [-0.2, -0.15) is 18.4 Å². The van der Waals surface area contributed by atoms with Gasteiger partial charge in [0, 0.05) is 5.75 Å². The molecule has 0 N–H and O–H groups in total. The Morgan fingerprint density at radius 1 is 1.52 bits per heavy atom. The number of nitriles is 1. The number of aliphatic imine (C=N–C) groups is 1. The number of nitrogens with zero attached hydrogens (tertiary/aromatic N) is 5. The van der Waals surface area contributed by atoms with Crippen LogP contribution in [0.2, 0.25) is 0 Å². The minimum atomic E-state index is -4.64. The molecule has 25 heavy (non-hydrogen) atoms. The summed E-state index contributed by atoms with van der Waals surface area (Å²) in [7, 11) is 0. The quantitative estimate of drug-likeness (QED) is 0.343. The number of thioether (sulfide) groups is 1. The molecule has 0 aliphatic rings. The highest BCUT2D eigenvalue weighted by atomic mass is 32.2. The van der Waals surface area contributed by atoms with E-state index in [2.05, 4.69) is 15.2 Å². The van der Waals surface area contributed by atoms with Gasteiger partial charge in [-0.1, -0.05) is 16.4 Å². The molecule has 132 valence electrons. The van der Waals surface area contributed by atoms with Crippen molar-refractivity contribution in [2.75, 3.05) is 5.75 Å². The van der Waals surface area contributed by atoms with Crippen LogP contribution < -0.4 is 9.79 Å². The lowest BCUT2D eigenvalue weighted by Gasteiger charge is -2.13. The molecule has 7 nitrogen and oxygen atoms in total. The molecule has 0 aliphatic heterocycles. The van der Waals surface area contributed by atoms with Gasteiger partial charge < -0.3 is 5.11 Å². The minimum absolute atomic E-state index is 0.00529. The molecule has 2 aromatic rings. The van der Waals surface area contributed by atoms with Crippen molar-refractivity contribution in [2.24, 2.45) is 4.99 Å². The topological polar surface area (TPSA) is 102 Å². The second-order valence-electron chi connectivity index (χ2n) is 4.80. The maximum atomic E-state index is 12.8. The van der Waals surface area contributed by atoms with Crippen LogP contribution in [-0.2, 0) is 12.7 Å². The van der Waals surface area contributed by atoms with E-state index in [1.54, 1.807) is 6.07 Å². The van der Waals surface area contributed by atoms with Crippen LogP contribution in [-0.4, -0.2) is 21.9 Å². The van der Waals surface area contributed by atoms with Crippen molar-refractivity contribution in [3.8, 4) is 6.07 Å². The Morgan fingerprint density at radius 3 is 2.80 bits per heavy atom. The highest BCUT2D eigenvalue weighted by Crippen LogP contribution is 2.32. The monoisotopic (exact) mass is 371 g/mol. The Morgan fingerprint density at radius 2 is 2.24 bits per heavy atom. The van der Waals surface area contributed by atoms with Crippen molar-refractivity contribution < 1.29 is 27.5 Å². The van der Waals surface area contributed by atoms with E-state index in [4.69, 9.17) is 9.78 Å². The zero-order chi connectivity index (χ0) is 18.6. The Hall–Kier alpha value is -2.61. The lowest BCUT2D eigenvalue weighted by atomic mass is 10.1. The van der Waals surface area contributed by atoms with E-state index >= 15 is 0 Å². The molecule has 0 amide bonds. The van der Waals surface area contributed by atoms with E-state index in [-0.39, 0.29) is 27.8 Å². The molecule has 0 saturated heterocycles. The first kappa shape index (κ1) is 18.7. The van der Waals surface area contributed by atoms with Crippen LogP contribution in [0.4, 0.5) is 19.1 Å². The molecule has 11 heteroatoms. The lowest BCUT2D eigenvalue weighted by molar-refractivity contribution is -0.759. The Kier molecular flexibility index (Phi) is 5.63. The van der Waals surface area contributed by atoms with Gasteiger partial charge in [-0.3, -0.25) is 4.52 Å². The second kappa shape index (κ2) is 7.52. The Bertz CT molecular complexity index is 842. The normalized spacial score (nSPS) is 12.2. The van der Waals surface area contributed by atoms with E-state index < -0.39 is 17.8 Å². The molecular weight excluding hydrogens is 359 g/mol. The van der Waals surface area contributed by atoms with Crippen molar-refractivity contribution >= 4 is 23.5 Å². The van der Waals surface area contributed by atoms with Gasteiger partial charge in [0.15, 0.2) is 6.54 Å². The number of aromatic nitrogens is 3. The smallest absolute Gasteiger partial charge is 0.433 e. The summed E-state index contributed by atoms with van der Waals surface area (Å²) in [6, 6.07) is 2.60. The van der Waals surface area contributed by atoms with Crippen molar-refractivity contribution in [3.63, 3.8) is 0 Å². The lowest BCUT2D eigenvalue weighted by Crippen LogP contribution is -2.32. The summed E-state index contributed by atoms with van der Waals surface area (Å²) in [6.45, 7) is 3.72. The summed E-state index contributed by atoms with van der Waals surface area (Å²) < 4.78 is 44.8. The van der Waals surface area contributed by atoms with Gasteiger partial charge in [-0.05, 0) is 31.4 Å². The van der Waals surface area contributed by atoms with Gasteiger partial charge in [0.05, 0.1) is 5.56 Å². The highest BCUT2D eigenvalue weighted by Gasteiger charge is 2.33. The molecule has 0 unspecified atom stereocenters. The van der Waals surface area contributed by atoms with Gasteiger partial charge in [-0.25, -0.2) is 9.98 Å². The molecule has 2 rings (SSSR count). The molecule has 0 aromatic carbocycles. The second-order valence-corrected chi connectivity index (χ2v) is 5.77. The molecule has 0 bridgehead atoms. The van der Waals surface area contributed by atoms with Crippen LogP contribution in [0.5, 0.6) is 0 Å². The van der Waals surface area contributed by atoms with Gasteiger partial charge >= 0.3 is 12.1 Å². The maximum absolute atomic E-state index is 12.8. The summed E-state index contributed by atoms with van der Waals surface area (Å²) in [5.41, 5.74) is -0.986. The van der Waals surface area contributed by atoms with E-state index in [1.165, 1.54) is 17.8 Å². The third kappa shape index (κ3) is 4.69. The standard InChI is InChI=1S/C14H12F3N5O2S/c1-3-22-6-12(24-21-22)20-11(23)7-25-13-9(5-18)8(2)4-10(19-13)14(15,16)17/h4,6H,3,7H2,1-2H3. The van der Waals surface area contributed by atoms with Gasteiger partial charge in [0.1, 0.15) is 16.8 Å². The summed E-state index contributed by atoms with van der Waals surface area (Å²) in [5.74, 6) is -0.957. The first-order valence-electron chi connectivity index (χ1n) is 6.97. The highest BCUT2D eigenvalue weighted by molar-refractivity contribution is 7.99. The third-order valence-electron chi connectivity index (χ3n) is 2.98. The summed E-state index contributed by atoms with van der Waals surface area (Å²) in [5, 5.41) is 24.4. The van der Waals surface area contributed by atoms with E-state index in [0.29, 0.717) is 18.3 Å². The van der Waals surface area contributed by atoms with Gasteiger partial charge in [0.2, 0.25) is 5.27 Å². The van der Waals surface area contributed by atoms with Crippen molar-refractivity contribution in [3.05, 3.63) is 29.1 Å². The van der Waals surface area contributed by atoms with Crippen LogP contribution in [0.3, 0.4) is 0 Å². The number of rotatable bonds is 5. The number of hydrogen-bond donors (Lipinski definition) is 0. The average molecular weight is 371 g/mol. The third-order valence-corrected chi connectivity index (χ3v) is 3.94. The molecule has 0 spiro atoms. The summed E-state index contributed by atoms with van der Waals surface area (Å²) in [6.07, 6.45) is -3.23. The summed E-state index contributed by atoms with van der Waals surface area (Å²) >= 11 is 0.710. The Balaban J connectivity index is 2.21. The fourth-order valence-corrected chi connectivity index (χ4v) is 2.62. The fourth-order valence-electron chi connectivity index (χ4n) is 1.78. The van der Waals surface area contributed by atoms with Crippen molar-refractivity contribution in [2.45, 2.75) is 31.6 Å². The maximum Gasteiger partial charge on any atom is 0.433 e. The van der Waals surface area contributed by atoms with E-state index in [9.17, 15) is 18.3 Å². The molecule has 0 atom stereocenters. The van der Waals surface area contributed by atoms with Crippen LogP contribution in [0, 0.1) is 18.3 Å². The molecule has 2 heterocycles. The van der Waals surface area contributed by atoms with E-state index in [1.807, 2.05) is 6.92 Å². The predicted octanol–water partition coefficient (Wildman–Crippen LogP) is 1.76. The number of hydrogen-bond acceptors (Lipinski definition) is 7. The number of halogens is 3. The number of aryl methyl sites for hydroxylation is 2. The molecule has 0 aliphatic carbocycles. The van der Waals surface area contributed by atoms with Crippen LogP contribution in [0.15, 0.2) is 26.8 Å². The average Bonchev–Trinajstić information content (AvgIpc) is 2.99. The predicted molar refractivity (Wildman–Crippen MR) is 78.9 cm³/mol. The molecule has 0 radical (unpaired) electrons. The van der Waals surface area contributed by atoms with Gasteiger partial charge in [-0.15, -0.1) is 0 Å². The zero-order valence-corrected chi connectivity index (χ0v) is 14.0. The minimum Gasteiger partial charge on any atom is -0.861 e. The molecule has 2 aromatic heterocycles. The van der Waals surface area contributed by atoms with Crippen LogP contribution >= 0.6 is 11.8 Å². The zero-order valence-electron chi connectivity index (χ0n) is 13.2. The van der Waals surface area contributed by atoms with Crippen molar-refractivity contribution in [1.82, 2.24) is 10.3 Å². The summed E-state index contributed by atoms with van der Waals surface area (Å²) in [4.78, 5) is 7.10. The first-order chi connectivity index (χ1) is 11.7. The fraction of sp³-hybridized carbons (Fsp3) is 0.357. The molecular formula is C14H12F3N5O2S. The Labute approximate surface area is 144 Å². The SMILES string of the molecule is CC[n+]1cc(/N=C(/[O-])CSc2nc(C(F)(F)F)cc(C)c2C#N)on1. The van der Waals surface area contributed by atoms with Crippen LogP contribution in [0.25, 0.3) is 0 Å². The van der Waals surface area contributed by atoms with E-state index in [0.717, 1.165) is 6.07 Å². The van der Waals surface area contributed by atoms with Crippen LogP contribution in [0.1, 0.15) is 23.7 Å². The van der Waals surface area contributed by atoms with Crippen molar-refractivity contribution in [1.29, 1.82) is 5.26 Å².